The predicted octanol–water partition coefficient (Wildman–Crippen LogP) is 1.76. The molecule has 0 saturated carbocycles. The van der Waals surface area contributed by atoms with Crippen LogP contribution in [0.15, 0.2) is 39.9 Å². The van der Waals surface area contributed by atoms with E-state index in [4.69, 9.17) is 22.7 Å². The predicted molar refractivity (Wildman–Crippen MR) is 101 cm³/mol. The SMILES string of the molecule is N=C(N)c1cccc(CN2CC[C@H](NS(=O)(=O)c3cc(Cl)cs3)C2=O)c1. The Balaban J connectivity index is 1.68. The fourth-order valence-electron chi connectivity index (χ4n) is 2.74. The normalized spacial score (nSPS) is 17.7. The van der Waals surface area contributed by atoms with Gasteiger partial charge < -0.3 is 10.6 Å². The summed E-state index contributed by atoms with van der Waals surface area (Å²) in [5, 5.41) is 9.36. The van der Waals surface area contributed by atoms with Gasteiger partial charge in [0.05, 0.1) is 5.02 Å². The van der Waals surface area contributed by atoms with Crippen molar-refractivity contribution in [3.63, 3.8) is 0 Å². The van der Waals surface area contributed by atoms with Crippen molar-refractivity contribution in [2.24, 2.45) is 5.73 Å². The number of sulfonamides is 1. The van der Waals surface area contributed by atoms with Gasteiger partial charge in [0.1, 0.15) is 16.1 Å². The highest BCUT2D eigenvalue weighted by atomic mass is 35.5. The third-order valence-electron chi connectivity index (χ3n) is 4.01. The molecule has 7 nitrogen and oxygen atoms in total. The smallest absolute Gasteiger partial charge is 0.250 e. The lowest BCUT2D eigenvalue weighted by Crippen LogP contribution is -2.41. The molecule has 10 heteroatoms. The maximum atomic E-state index is 12.6. The van der Waals surface area contributed by atoms with Gasteiger partial charge >= 0.3 is 0 Å². The van der Waals surface area contributed by atoms with Gasteiger partial charge in [-0.2, -0.15) is 4.72 Å². The Kier molecular flexibility index (Phi) is 5.33. The summed E-state index contributed by atoms with van der Waals surface area (Å²) in [6, 6.07) is 7.65. The Morgan fingerprint density at radius 2 is 2.19 bits per heavy atom. The number of nitrogen functional groups attached to an aromatic ring is 1. The summed E-state index contributed by atoms with van der Waals surface area (Å²) in [6.45, 7) is 0.782. The molecule has 0 radical (unpaired) electrons. The number of carbonyl (C=O) groups excluding carboxylic acids is 1. The molecule has 4 N–H and O–H groups in total. The number of nitrogens with one attached hydrogen (secondary N) is 2. The second-order valence-corrected chi connectivity index (χ2v) is 9.21. The minimum absolute atomic E-state index is 0.0418. The average molecular weight is 413 g/mol. The Morgan fingerprint density at radius 1 is 1.42 bits per heavy atom. The minimum Gasteiger partial charge on any atom is -0.384 e. The van der Waals surface area contributed by atoms with E-state index in [1.807, 2.05) is 6.07 Å². The van der Waals surface area contributed by atoms with E-state index in [2.05, 4.69) is 4.72 Å². The van der Waals surface area contributed by atoms with Crippen LogP contribution in [-0.4, -0.2) is 37.6 Å². The first-order valence-electron chi connectivity index (χ1n) is 7.75. The molecule has 1 aromatic heterocycles. The number of likely N-dealkylation sites (tertiary alicyclic amines) is 1. The lowest BCUT2D eigenvalue weighted by Gasteiger charge is -2.17. The number of nitrogens with zero attached hydrogens (tertiary/aromatic N) is 1. The molecule has 1 saturated heterocycles. The Bertz CT molecular complexity index is 958. The first-order valence-corrected chi connectivity index (χ1v) is 10.5. The lowest BCUT2D eigenvalue weighted by molar-refractivity contribution is -0.129. The highest BCUT2D eigenvalue weighted by Crippen LogP contribution is 2.25. The van der Waals surface area contributed by atoms with Crippen LogP contribution in [0.1, 0.15) is 17.5 Å². The van der Waals surface area contributed by atoms with Crippen molar-refractivity contribution in [2.75, 3.05) is 6.54 Å². The van der Waals surface area contributed by atoms with Crippen molar-refractivity contribution in [3.8, 4) is 0 Å². The molecule has 1 aliphatic rings. The second kappa shape index (κ2) is 7.36. The first kappa shape index (κ1) is 18.8. The topological polar surface area (TPSA) is 116 Å². The molecule has 0 spiro atoms. The third-order valence-corrected chi connectivity index (χ3v) is 7.27. The van der Waals surface area contributed by atoms with E-state index in [0.29, 0.717) is 30.1 Å². The van der Waals surface area contributed by atoms with E-state index in [1.54, 1.807) is 23.1 Å². The quantitative estimate of drug-likeness (QED) is 0.495. The molecule has 0 unspecified atom stereocenters. The van der Waals surface area contributed by atoms with Gasteiger partial charge in [-0.3, -0.25) is 10.2 Å². The maximum Gasteiger partial charge on any atom is 0.250 e. The van der Waals surface area contributed by atoms with Crippen molar-refractivity contribution in [3.05, 3.63) is 51.9 Å². The first-order chi connectivity index (χ1) is 12.3. The monoisotopic (exact) mass is 412 g/mol. The van der Waals surface area contributed by atoms with Crippen molar-refractivity contribution in [1.82, 2.24) is 9.62 Å². The number of benzene rings is 1. The average Bonchev–Trinajstić information content (AvgIpc) is 3.16. The van der Waals surface area contributed by atoms with Gasteiger partial charge in [0.15, 0.2) is 0 Å². The summed E-state index contributed by atoms with van der Waals surface area (Å²) in [4.78, 5) is 14.1. The Hall–Kier alpha value is -1.94. The molecule has 2 heterocycles. The molecule has 0 aliphatic carbocycles. The van der Waals surface area contributed by atoms with E-state index < -0.39 is 16.1 Å². The van der Waals surface area contributed by atoms with E-state index in [9.17, 15) is 13.2 Å². The van der Waals surface area contributed by atoms with Crippen molar-refractivity contribution < 1.29 is 13.2 Å². The van der Waals surface area contributed by atoms with Crippen molar-refractivity contribution >= 4 is 44.7 Å². The zero-order chi connectivity index (χ0) is 18.9. The number of hydrogen-bond acceptors (Lipinski definition) is 5. The molecule has 1 amide bonds. The van der Waals surface area contributed by atoms with E-state index in [0.717, 1.165) is 16.9 Å². The Labute approximate surface area is 160 Å². The number of thiophene rings is 1. The number of nitrogens with two attached hydrogens (primary N) is 1. The minimum atomic E-state index is -3.78. The van der Waals surface area contributed by atoms with Crippen LogP contribution in [0, 0.1) is 5.41 Å². The molecule has 26 heavy (non-hydrogen) atoms. The number of amidine groups is 1. The summed E-state index contributed by atoms with van der Waals surface area (Å²) in [6.07, 6.45) is 0.392. The van der Waals surface area contributed by atoms with E-state index >= 15 is 0 Å². The molecule has 1 aliphatic heterocycles. The van der Waals surface area contributed by atoms with Gasteiger partial charge in [0.2, 0.25) is 5.91 Å². The van der Waals surface area contributed by atoms with Crippen LogP contribution in [0.5, 0.6) is 0 Å². The maximum absolute atomic E-state index is 12.6. The lowest BCUT2D eigenvalue weighted by atomic mass is 10.1. The zero-order valence-electron chi connectivity index (χ0n) is 13.6. The molecule has 1 aromatic carbocycles. The van der Waals surface area contributed by atoms with Crippen LogP contribution >= 0.6 is 22.9 Å². The number of amides is 1. The fourth-order valence-corrected chi connectivity index (χ4v) is 5.39. The standard InChI is InChI=1S/C16H17ClN4O3S2/c17-12-7-14(25-9-12)26(23,24)20-13-4-5-21(16(13)22)8-10-2-1-3-11(6-10)15(18)19/h1-3,6-7,9,13,20H,4-5,8H2,(H3,18,19)/t13-/m0/s1. The van der Waals surface area contributed by atoms with Crippen molar-refractivity contribution in [1.29, 1.82) is 5.41 Å². The van der Waals surface area contributed by atoms with E-state index in [-0.39, 0.29) is 16.0 Å². The number of rotatable bonds is 6. The highest BCUT2D eigenvalue weighted by Gasteiger charge is 2.35. The summed E-state index contributed by atoms with van der Waals surface area (Å²) in [7, 11) is -3.78. The van der Waals surface area contributed by atoms with Gasteiger partial charge in [0.25, 0.3) is 10.0 Å². The number of carbonyl (C=O) groups is 1. The molecule has 3 rings (SSSR count). The molecule has 138 valence electrons. The summed E-state index contributed by atoms with van der Waals surface area (Å²) >= 11 is 6.79. The summed E-state index contributed by atoms with van der Waals surface area (Å²) in [5.41, 5.74) is 6.90. The van der Waals surface area contributed by atoms with Crippen LogP contribution in [0.25, 0.3) is 0 Å². The zero-order valence-corrected chi connectivity index (χ0v) is 16.0. The molecular weight excluding hydrogens is 396 g/mol. The Morgan fingerprint density at radius 3 is 2.85 bits per heavy atom. The van der Waals surface area contributed by atoms with Gasteiger partial charge in [-0.25, -0.2) is 8.42 Å². The largest absolute Gasteiger partial charge is 0.384 e. The van der Waals surface area contributed by atoms with Gasteiger partial charge in [-0.15, -0.1) is 11.3 Å². The fraction of sp³-hybridized carbons (Fsp3) is 0.250. The molecule has 1 fully saturated rings. The van der Waals surface area contributed by atoms with Crippen LogP contribution in [0.2, 0.25) is 5.02 Å². The van der Waals surface area contributed by atoms with Crippen molar-refractivity contribution in [2.45, 2.75) is 23.2 Å². The molecular formula is C16H17ClN4O3S2. The second-order valence-electron chi connectivity index (χ2n) is 5.92. The number of halogens is 1. The van der Waals surface area contributed by atoms with Crippen LogP contribution < -0.4 is 10.5 Å². The highest BCUT2D eigenvalue weighted by molar-refractivity contribution is 7.91. The molecule has 1 atom stereocenters. The molecule has 2 aromatic rings. The van der Waals surface area contributed by atoms with Crippen LogP contribution in [0.3, 0.4) is 0 Å². The van der Waals surface area contributed by atoms with Gasteiger partial charge in [-0.1, -0.05) is 29.8 Å². The molecule has 0 bridgehead atoms. The van der Waals surface area contributed by atoms with Gasteiger partial charge in [0, 0.05) is 24.0 Å². The van der Waals surface area contributed by atoms with E-state index in [1.165, 1.54) is 11.4 Å². The third kappa shape index (κ3) is 4.07. The van der Waals surface area contributed by atoms with Gasteiger partial charge in [-0.05, 0) is 24.1 Å². The van der Waals surface area contributed by atoms with Crippen LogP contribution in [-0.2, 0) is 21.4 Å². The summed E-state index contributed by atoms with van der Waals surface area (Å²) < 4.78 is 27.3. The van der Waals surface area contributed by atoms with Crippen LogP contribution in [0.4, 0.5) is 0 Å². The summed E-state index contributed by atoms with van der Waals surface area (Å²) in [5.74, 6) is -0.315. The number of hydrogen-bond donors (Lipinski definition) is 3.